The molecule has 48 heavy (non-hydrogen) atoms. The number of carboxylic acids is 1. The highest BCUT2D eigenvalue weighted by atomic mass is 16.5. The van der Waals surface area contributed by atoms with Crippen LogP contribution in [0.2, 0.25) is 0 Å². The first-order valence-corrected chi connectivity index (χ1v) is 16.2. The van der Waals surface area contributed by atoms with E-state index in [-0.39, 0.29) is 12.5 Å². The van der Waals surface area contributed by atoms with Crippen LogP contribution >= 0.6 is 0 Å². The number of oxazole rings is 1. The second kappa shape index (κ2) is 16.0. The molecule has 1 aromatic heterocycles. The number of hydrogen-bond acceptors (Lipinski definition) is 8. The number of benzene rings is 4. The van der Waals surface area contributed by atoms with Gasteiger partial charge in [-0.1, -0.05) is 31.9 Å². The molecule has 250 valence electrons. The predicted octanol–water partition coefficient (Wildman–Crippen LogP) is 8.83. The molecule has 2 unspecified atom stereocenters. The molecule has 0 aliphatic rings. The molecule has 1 N–H and O–H groups in total. The third kappa shape index (κ3) is 8.34. The van der Waals surface area contributed by atoms with Crippen LogP contribution in [0.3, 0.4) is 0 Å². The average molecular weight is 652 g/mol. The molecule has 9 heteroatoms. The summed E-state index contributed by atoms with van der Waals surface area (Å²) in [5.41, 5.74) is 3.36. The maximum atomic E-state index is 12.2. The highest BCUT2D eigenvalue weighted by Crippen LogP contribution is 2.38. The smallest absolute Gasteiger partial charge is 0.320 e. The molecule has 0 spiro atoms. The Morgan fingerprint density at radius 1 is 0.771 bits per heavy atom. The lowest BCUT2D eigenvalue weighted by Gasteiger charge is -2.15. The minimum absolute atomic E-state index is 0.247. The first-order chi connectivity index (χ1) is 23.3. The lowest BCUT2D eigenvalue weighted by molar-refractivity contribution is -0.162. The lowest BCUT2D eigenvalue weighted by atomic mass is 10.0. The monoisotopic (exact) mass is 651 g/mol. The van der Waals surface area contributed by atoms with Crippen molar-refractivity contribution in [3.63, 3.8) is 0 Å². The van der Waals surface area contributed by atoms with Gasteiger partial charge in [0.25, 0.3) is 0 Å². The van der Waals surface area contributed by atoms with Gasteiger partial charge in [-0.15, -0.1) is 0 Å². The Morgan fingerprint density at radius 3 is 2.02 bits per heavy atom. The largest absolute Gasteiger partial charge is 0.497 e. The molecule has 0 aliphatic carbocycles. The van der Waals surface area contributed by atoms with Gasteiger partial charge in [0, 0.05) is 16.7 Å². The molecule has 0 saturated carbocycles. The van der Waals surface area contributed by atoms with Crippen molar-refractivity contribution in [1.29, 1.82) is 0 Å². The topological polar surface area (TPSA) is 117 Å². The Balaban J connectivity index is 1.25. The number of carbonyl (C=O) groups excluding carboxylic acids is 1. The van der Waals surface area contributed by atoms with E-state index in [1.165, 1.54) is 0 Å². The molecule has 4 aromatic carbocycles. The van der Waals surface area contributed by atoms with Crippen molar-refractivity contribution in [2.24, 2.45) is 5.92 Å². The Kier molecular flexibility index (Phi) is 11.3. The third-order valence-corrected chi connectivity index (χ3v) is 8.28. The molecule has 0 fully saturated rings. The number of aliphatic carboxylic acids is 1. The SMILES string of the molecule is CCC(C)OC(=O)C(CCCCCOc1ccc2cc(-c3nc(-c4ccc(OC)cc4)c(-c4ccc(OC)cc4)o3)ccc2c1)C(=O)O. The van der Waals surface area contributed by atoms with E-state index in [4.69, 9.17) is 28.3 Å². The van der Waals surface area contributed by atoms with Gasteiger partial charge < -0.3 is 28.5 Å². The van der Waals surface area contributed by atoms with Crippen molar-refractivity contribution < 1.29 is 38.1 Å². The van der Waals surface area contributed by atoms with Gasteiger partial charge in [0.2, 0.25) is 5.89 Å². The summed E-state index contributed by atoms with van der Waals surface area (Å²) in [6, 6.07) is 27.4. The highest BCUT2D eigenvalue weighted by molar-refractivity contribution is 5.94. The van der Waals surface area contributed by atoms with Gasteiger partial charge >= 0.3 is 11.9 Å². The number of aromatic nitrogens is 1. The van der Waals surface area contributed by atoms with Crippen LogP contribution in [-0.2, 0) is 14.3 Å². The van der Waals surface area contributed by atoms with Crippen molar-refractivity contribution in [1.82, 2.24) is 4.98 Å². The summed E-state index contributed by atoms with van der Waals surface area (Å²) >= 11 is 0. The van der Waals surface area contributed by atoms with Gasteiger partial charge in [0.15, 0.2) is 11.7 Å². The fourth-order valence-corrected chi connectivity index (χ4v) is 5.30. The Bertz CT molecular complexity index is 1760. The standard InChI is InChI=1S/C39H41NO8/c1-5-25(2)47-39(43)34(38(41)42)9-7-6-8-22-46-33-21-16-28-23-30(11-10-29(28)24-33)37-40-35(26-12-17-31(44-3)18-13-26)36(48-37)27-14-19-32(45-4)20-15-27/h10-21,23-25,34H,5-9,22H2,1-4H3,(H,41,42). The number of nitrogens with zero attached hydrogens (tertiary/aromatic N) is 1. The Morgan fingerprint density at radius 2 is 1.38 bits per heavy atom. The van der Waals surface area contributed by atoms with Crippen LogP contribution in [0.5, 0.6) is 17.2 Å². The lowest BCUT2D eigenvalue weighted by Crippen LogP contribution is -2.28. The molecule has 0 radical (unpaired) electrons. The number of esters is 1. The summed E-state index contributed by atoms with van der Waals surface area (Å²) in [7, 11) is 3.28. The molecule has 5 aromatic rings. The zero-order valence-electron chi connectivity index (χ0n) is 27.7. The summed E-state index contributed by atoms with van der Waals surface area (Å²) in [6.45, 7) is 4.13. The first-order valence-electron chi connectivity index (χ1n) is 16.2. The van der Waals surface area contributed by atoms with Crippen LogP contribution in [0.15, 0.2) is 89.3 Å². The summed E-state index contributed by atoms with van der Waals surface area (Å²) < 4.78 is 28.3. The van der Waals surface area contributed by atoms with Crippen LogP contribution in [0.25, 0.3) is 44.8 Å². The van der Waals surface area contributed by atoms with E-state index in [0.29, 0.717) is 31.1 Å². The average Bonchev–Trinajstić information content (AvgIpc) is 3.56. The molecule has 0 amide bonds. The molecule has 9 nitrogen and oxygen atoms in total. The van der Waals surface area contributed by atoms with Gasteiger partial charge in [-0.3, -0.25) is 9.59 Å². The molecule has 0 saturated heterocycles. The van der Waals surface area contributed by atoms with E-state index in [2.05, 4.69) is 0 Å². The molecule has 0 bridgehead atoms. The minimum Gasteiger partial charge on any atom is -0.497 e. The summed E-state index contributed by atoms with van der Waals surface area (Å²) in [6.07, 6.45) is 2.67. The number of unbranched alkanes of at least 4 members (excludes halogenated alkanes) is 2. The first kappa shape index (κ1) is 34.0. The van der Waals surface area contributed by atoms with Gasteiger partial charge in [0.05, 0.1) is 26.9 Å². The number of rotatable bonds is 16. The van der Waals surface area contributed by atoms with Crippen LogP contribution in [0, 0.1) is 5.92 Å². The van der Waals surface area contributed by atoms with Gasteiger partial charge in [-0.2, -0.15) is 0 Å². The number of hydrogen-bond donors (Lipinski definition) is 1. The second-order valence-corrected chi connectivity index (χ2v) is 11.6. The van der Waals surface area contributed by atoms with Crippen molar-refractivity contribution >= 4 is 22.7 Å². The molecule has 0 aliphatic heterocycles. The zero-order chi connectivity index (χ0) is 34.0. The fourth-order valence-electron chi connectivity index (χ4n) is 5.30. The van der Waals surface area contributed by atoms with Crippen molar-refractivity contribution in [3.8, 4) is 51.3 Å². The second-order valence-electron chi connectivity index (χ2n) is 11.6. The number of fused-ring (bicyclic) bond motifs is 1. The molecule has 5 rings (SSSR count). The van der Waals surface area contributed by atoms with Gasteiger partial charge in [0.1, 0.15) is 22.9 Å². The van der Waals surface area contributed by atoms with E-state index < -0.39 is 17.9 Å². The van der Waals surface area contributed by atoms with E-state index in [1.54, 1.807) is 21.1 Å². The van der Waals surface area contributed by atoms with Crippen molar-refractivity contribution in [3.05, 3.63) is 84.9 Å². The maximum absolute atomic E-state index is 12.2. The van der Waals surface area contributed by atoms with E-state index in [9.17, 15) is 14.7 Å². The third-order valence-electron chi connectivity index (χ3n) is 8.28. The van der Waals surface area contributed by atoms with Gasteiger partial charge in [-0.05, 0) is 110 Å². The quantitative estimate of drug-likeness (QED) is 0.0634. The Hall–Kier alpha value is -5.31. The molecular formula is C39H41NO8. The normalized spacial score (nSPS) is 12.3. The van der Waals surface area contributed by atoms with E-state index in [1.807, 2.05) is 91.9 Å². The summed E-state index contributed by atoms with van der Waals surface area (Å²) in [4.78, 5) is 28.7. The minimum atomic E-state index is -1.14. The molecule has 1 heterocycles. The van der Waals surface area contributed by atoms with E-state index in [0.717, 1.165) is 63.2 Å². The van der Waals surface area contributed by atoms with Crippen LogP contribution < -0.4 is 14.2 Å². The Labute approximate surface area is 280 Å². The number of carboxylic acid groups (broad SMARTS) is 1. The predicted molar refractivity (Wildman–Crippen MR) is 184 cm³/mol. The molecule has 2 atom stereocenters. The number of ether oxygens (including phenoxy) is 4. The maximum Gasteiger partial charge on any atom is 0.320 e. The van der Waals surface area contributed by atoms with Crippen molar-refractivity contribution in [2.75, 3.05) is 20.8 Å². The zero-order valence-corrected chi connectivity index (χ0v) is 27.7. The van der Waals surface area contributed by atoms with Gasteiger partial charge in [-0.25, -0.2) is 4.98 Å². The summed E-state index contributed by atoms with van der Waals surface area (Å²) in [5.74, 6) is 0.491. The highest BCUT2D eigenvalue weighted by Gasteiger charge is 2.28. The van der Waals surface area contributed by atoms with E-state index >= 15 is 0 Å². The van der Waals surface area contributed by atoms with Crippen LogP contribution in [-0.4, -0.2) is 49.0 Å². The number of carbonyl (C=O) groups is 2. The fraction of sp³-hybridized carbons (Fsp3) is 0.308. The number of methoxy groups -OCH3 is 2. The summed E-state index contributed by atoms with van der Waals surface area (Å²) in [5, 5.41) is 11.5. The molecular weight excluding hydrogens is 610 g/mol. The van der Waals surface area contributed by atoms with Crippen LogP contribution in [0.4, 0.5) is 0 Å². The van der Waals surface area contributed by atoms with Crippen LogP contribution in [0.1, 0.15) is 46.0 Å². The van der Waals surface area contributed by atoms with Crippen molar-refractivity contribution in [2.45, 2.75) is 52.1 Å².